The first-order valence-electron chi connectivity index (χ1n) is 7.59. The van der Waals surface area contributed by atoms with Crippen LogP contribution in [-0.2, 0) is 0 Å². The molecule has 0 bridgehead atoms. The Morgan fingerprint density at radius 1 is 1.08 bits per heavy atom. The molecule has 0 saturated heterocycles. The molecular weight excluding hydrogens is 314 g/mol. The second kappa shape index (κ2) is 5.70. The second-order valence-electron chi connectivity index (χ2n) is 5.78. The number of ether oxygens (including phenoxy) is 1. The maximum Gasteiger partial charge on any atom is 0.230 e. The average Bonchev–Trinajstić information content (AvgIpc) is 3.25. The lowest BCUT2D eigenvalue weighted by atomic mass is 10.1. The fraction of sp³-hybridized carbons (Fsp3) is 0.222. The summed E-state index contributed by atoms with van der Waals surface area (Å²) in [5.41, 5.74) is 1.50. The molecule has 1 fully saturated rings. The van der Waals surface area contributed by atoms with Gasteiger partial charge in [-0.1, -0.05) is 23.4 Å². The molecule has 2 atom stereocenters. The van der Waals surface area contributed by atoms with Crippen molar-refractivity contribution < 1.29 is 18.0 Å². The second-order valence-corrected chi connectivity index (χ2v) is 5.78. The fourth-order valence-electron chi connectivity index (χ4n) is 2.92. The van der Waals surface area contributed by atoms with Crippen LogP contribution >= 0.6 is 0 Å². The van der Waals surface area contributed by atoms with Crippen molar-refractivity contribution in [2.24, 2.45) is 0 Å². The lowest BCUT2D eigenvalue weighted by molar-refractivity contribution is 0.377. The number of benzene rings is 2. The average molecular weight is 328 g/mol. The Kier molecular flexibility index (Phi) is 3.52. The molecule has 1 heterocycles. The smallest absolute Gasteiger partial charge is 0.230 e. The molecule has 1 aliphatic carbocycles. The van der Waals surface area contributed by atoms with E-state index in [1.165, 1.54) is 6.07 Å². The van der Waals surface area contributed by atoms with Crippen LogP contribution in [0.5, 0.6) is 5.75 Å². The van der Waals surface area contributed by atoms with Crippen LogP contribution in [-0.4, -0.2) is 17.3 Å². The van der Waals surface area contributed by atoms with Crippen LogP contribution in [0.2, 0.25) is 0 Å². The van der Waals surface area contributed by atoms with Gasteiger partial charge in [-0.3, -0.25) is 0 Å². The summed E-state index contributed by atoms with van der Waals surface area (Å²) >= 11 is 0. The monoisotopic (exact) mass is 328 g/mol. The van der Waals surface area contributed by atoms with E-state index < -0.39 is 11.6 Å². The van der Waals surface area contributed by atoms with Gasteiger partial charge in [-0.2, -0.15) is 4.98 Å². The Hall–Kier alpha value is -2.76. The zero-order chi connectivity index (χ0) is 16.7. The van der Waals surface area contributed by atoms with Gasteiger partial charge in [-0.25, -0.2) is 8.78 Å². The molecule has 1 aliphatic rings. The number of nitrogens with zero attached hydrogens (tertiary/aromatic N) is 2. The minimum atomic E-state index is -0.933. The molecule has 0 spiro atoms. The van der Waals surface area contributed by atoms with Crippen molar-refractivity contribution in [3.05, 3.63) is 65.6 Å². The van der Waals surface area contributed by atoms with E-state index in [2.05, 4.69) is 10.1 Å². The Bertz CT molecular complexity index is 894. The molecule has 1 aromatic heterocycles. The predicted molar refractivity (Wildman–Crippen MR) is 82.7 cm³/mol. The van der Waals surface area contributed by atoms with Crippen molar-refractivity contribution in [3.63, 3.8) is 0 Å². The quantitative estimate of drug-likeness (QED) is 0.717. The van der Waals surface area contributed by atoms with Crippen molar-refractivity contribution in [1.82, 2.24) is 10.1 Å². The molecule has 0 N–H and O–H groups in total. The molecule has 4 rings (SSSR count). The van der Waals surface area contributed by atoms with Crippen molar-refractivity contribution in [2.75, 3.05) is 7.11 Å². The van der Waals surface area contributed by atoms with Gasteiger partial charge in [0.05, 0.1) is 7.11 Å². The molecule has 24 heavy (non-hydrogen) atoms. The van der Waals surface area contributed by atoms with E-state index in [1.54, 1.807) is 7.11 Å². The number of hydrogen-bond donors (Lipinski definition) is 0. The van der Waals surface area contributed by atoms with E-state index in [9.17, 15) is 8.78 Å². The van der Waals surface area contributed by atoms with E-state index in [0.717, 1.165) is 29.9 Å². The highest BCUT2D eigenvalue weighted by atomic mass is 19.2. The SMILES string of the molecule is COc1ccccc1[C@@H]1C[C@H]1c1nc(-c2ccc(F)c(F)c2)no1. The number of methoxy groups -OCH3 is 1. The zero-order valence-electron chi connectivity index (χ0n) is 12.9. The van der Waals surface area contributed by atoms with Gasteiger partial charge in [0.1, 0.15) is 5.75 Å². The van der Waals surface area contributed by atoms with Crippen LogP contribution in [0.15, 0.2) is 47.0 Å². The zero-order valence-corrected chi connectivity index (χ0v) is 12.9. The van der Waals surface area contributed by atoms with E-state index in [-0.39, 0.29) is 17.7 Å². The van der Waals surface area contributed by atoms with Gasteiger partial charge in [0.15, 0.2) is 11.6 Å². The Labute approximate surface area is 137 Å². The van der Waals surface area contributed by atoms with Crippen LogP contribution in [0.1, 0.15) is 29.7 Å². The van der Waals surface area contributed by atoms with Gasteiger partial charge in [-0.15, -0.1) is 0 Å². The number of rotatable bonds is 4. The minimum Gasteiger partial charge on any atom is -0.496 e. The molecule has 3 aromatic rings. The van der Waals surface area contributed by atoms with Gasteiger partial charge < -0.3 is 9.26 Å². The first-order valence-corrected chi connectivity index (χ1v) is 7.59. The highest BCUT2D eigenvalue weighted by molar-refractivity contribution is 5.54. The third kappa shape index (κ3) is 2.54. The predicted octanol–water partition coefficient (Wildman–Crippen LogP) is 4.29. The van der Waals surface area contributed by atoms with Crippen molar-refractivity contribution in [2.45, 2.75) is 18.3 Å². The lowest BCUT2D eigenvalue weighted by Crippen LogP contribution is -1.91. The minimum absolute atomic E-state index is 0.118. The Balaban J connectivity index is 1.57. The van der Waals surface area contributed by atoms with Gasteiger partial charge in [0.25, 0.3) is 0 Å². The molecular formula is C18H14F2N2O2. The normalized spacial score (nSPS) is 19.3. The number of aromatic nitrogens is 2. The molecule has 1 saturated carbocycles. The van der Waals surface area contributed by atoms with Crippen LogP contribution < -0.4 is 4.74 Å². The maximum atomic E-state index is 13.3. The summed E-state index contributed by atoms with van der Waals surface area (Å²) in [5.74, 6) is 0.149. The first-order chi connectivity index (χ1) is 11.7. The molecule has 2 aromatic carbocycles. The van der Waals surface area contributed by atoms with Crippen molar-refractivity contribution in [3.8, 4) is 17.1 Å². The summed E-state index contributed by atoms with van der Waals surface area (Å²) in [6, 6.07) is 11.4. The highest BCUT2D eigenvalue weighted by Crippen LogP contribution is 2.56. The highest BCUT2D eigenvalue weighted by Gasteiger charge is 2.45. The fourth-order valence-corrected chi connectivity index (χ4v) is 2.92. The Morgan fingerprint density at radius 3 is 2.71 bits per heavy atom. The standard InChI is InChI=1S/C18H14F2N2O2/c1-23-16-5-3-2-4-11(16)12-9-13(12)18-21-17(22-24-18)10-6-7-14(19)15(20)8-10/h2-8,12-13H,9H2,1H3/t12-,13+/m0/s1. The van der Waals surface area contributed by atoms with E-state index >= 15 is 0 Å². The van der Waals surface area contributed by atoms with Gasteiger partial charge in [-0.05, 0) is 42.2 Å². The summed E-state index contributed by atoms with van der Waals surface area (Å²) < 4.78 is 37.1. The molecule has 122 valence electrons. The number of para-hydroxylation sites is 1. The van der Waals surface area contributed by atoms with Crippen molar-refractivity contribution >= 4 is 0 Å². The van der Waals surface area contributed by atoms with E-state index in [1.807, 2.05) is 24.3 Å². The largest absolute Gasteiger partial charge is 0.496 e. The first kappa shape index (κ1) is 14.8. The van der Waals surface area contributed by atoms with E-state index in [0.29, 0.717) is 11.5 Å². The van der Waals surface area contributed by atoms with Crippen LogP contribution in [0.4, 0.5) is 8.78 Å². The number of hydrogen-bond acceptors (Lipinski definition) is 4. The topological polar surface area (TPSA) is 48.2 Å². The summed E-state index contributed by atoms with van der Waals surface area (Å²) in [4.78, 5) is 4.34. The Morgan fingerprint density at radius 2 is 1.92 bits per heavy atom. The third-order valence-electron chi connectivity index (χ3n) is 4.27. The third-order valence-corrected chi connectivity index (χ3v) is 4.27. The molecule has 0 amide bonds. The summed E-state index contributed by atoms with van der Waals surface area (Å²) in [5, 5.41) is 3.88. The molecule has 0 unspecified atom stereocenters. The van der Waals surface area contributed by atoms with Crippen LogP contribution in [0.25, 0.3) is 11.4 Å². The molecule has 0 radical (unpaired) electrons. The summed E-state index contributed by atoms with van der Waals surface area (Å²) in [6.45, 7) is 0. The lowest BCUT2D eigenvalue weighted by Gasteiger charge is -2.06. The molecule has 4 nitrogen and oxygen atoms in total. The molecule has 6 heteroatoms. The maximum absolute atomic E-state index is 13.3. The van der Waals surface area contributed by atoms with Gasteiger partial charge in [0.2, 0.25) is 11.7 Å². The number of halogens is 2. The molecule has 0 aliphatic heterocycles. The van der Waals surface area contributed by atoms with E-state index in [4.69, 9.17) is 9.26 Å². The summed E-state index contributed by atoms with van der Waals surface area (Å²) in [6.07, 6.45) is 0.889. The van der Waals surface area contributed by atoms with Crippen LogP contribution in [0, 0.1) is 11.6 Å². The van der Waals surface area contributed by atoms with Gasteiger partial charge >= 0.3 is 0 Å². The summed E-state index contributed by atoms with van der Waals surface area (Å²) in [7, 11) is 1.64. The van der Waals surface area contributed by atoms with Crippen LogP contribution in [0.3, 0.4) is 0 Å². The van der Waals surface area contributed by atoms with Crippen molar-refractivity contribution in [1.29, 1.82) is 0 Å². The van der Waals surface area contributed by atoms with Gasteiger partial charge in [0, 0.05) is 11.5 Å².